The van der Waals surface area contributed by atoms with Crippen molar-refractivity contribution in [2.24, 2.45) is 0 Å². The summed E-state index contributed by atoms with van der Waals surface area (Å²) in [6.45, 7) is 4.45. The van der Waals surface area contributed by atoms with Crippen molar-refractivity contribution >= 4 is 28.7 Å². The third-order valence-electron chi connectivity index (χ3n) is 3.81. The summed E-state index contributed by atoms with van der Waals surface area (Å²) in [5.41, 5.74) is 4.63. The molecule has 0 radical (unpaired) electrons. The van der Waals surface area contributed by atoms with Gasteiger partial charge >= 0.3 is 0 Å². The van der Waals surface area contributed by atoms with Gasteiger partial charge in [-0.25, -0.2) is 4.39 Å². The van der Waals surface area contributed by atoms with Crippen molar-refractivity contribution < 1.29 is 4.39 Å². The third kappa shape index (κ3) is 4.42. The number of thiocarbonyl (C=S) groups is 1. The largest absolute Gasteiger partial charge is 0.332 e. The Labute approximate surface area is 151 Å². The van der Waals surface area contributed by atoms with Crippen LogP contribution in [-0.4, -0.2) is 14.9 Å². The van der Waals surface area contributed by atoms with E-state index < -0.39 is 0 Å². The van der Waals surface area contributed by atoms with E-state index in [0.29, 0.717) is 17.2 Å². The lowest BCUT2D eigenvalue weighted by molar-refractivity contribution is 0.585. The number of rotatable bonds is 4. The van der Waals surface area contributed by atoms with E-state index in [1.165, 1.54) is 11.6 Å². The molecule has 0 fully saturated rings. The minimum absolute atomic E-state index is 0.237. The first-order valence-electron chi connectivity index (χ1n) is 7.92. The summed E-state index contributed by atoms with van der Waals surface area (Å²) < 4.78 is 15.4. The number of aromatic nitrogens is 2. The summed E-state index contributed by atoms with van der Waals surface area (Å²) in [5, 5.41) is 11.0. The Morgan fingerprint density at radius 1 is 1.16 bits per heavy atom. The van der Waals surface area contributed by atoms with E-state index in [0.717, 1.165) is 16.9 Å². The van der Waals surface area contributed by atoms with Gasteiger partial charge in [0.1, 0.15) is 5.82 Å². The summed E-state index contributed by atoms with van der Waals surface area (Å²) in [4.78, 5) is 0. The zero-order valence-corrected chi connectivity index (χ0v) is 14.9. The number of hydrogen-bond acceptors (Lipinski definition) is 2. The molecule has 0 amide bonds. The molecule has 0 aliphatic carbocycles. The summed E-state index contributed by atoms with van der Waals surface area (Å²) in [6.07, 6.45) is 3.46. The molecule has 0 aliphatic rings. The maximum Gasteiger partial charge on any atom is 0.175 e. The van der Waals surface area contributed by atoms with Crippen molar-refractivity contribution in [2.45, 2.75) is 20.4 Å². The highest BCUT2D eigenvalue weighted by Gasteiger charge is 2.06. The lowest BCUT2D eigenvalue weighted by Gasteiger charge is -2.11. The smallest absolute Gasteiger partial charge is 0.175 e. The Bertz CT molecular complexity index is 904. The number of halogens is 1. The van der Waals surface area contributed by atoms with Gasteiger partial charge in [0.05, 0.1) is 18.4 Å². The number of benzene rings is 2. The molecule has 0 bridgehead atoms. The van der Waals surface area contributed by atoms with Crippen LogP contribution in [-0.2, 0) is 6.54 Å². The fourth-order valence-corrected chi connectivity index (χ4v) is 2.78. The van der Waals surface area contributed by atoms with Crippen molar-refractivity contribution in [3.05, 3.63) is 77.4 Å². The molecule has 0 atom stereocenters. The monoisotopic (exact) mass is 354 g/mol. The van der Waals surface area contributed by atoms with Crippen LogP contribution in [0.1, 0.15) is 16.7 Å². The van der Waals surface area contributed by atoms with Crippen molar-refractivity contribution in [1.82, 2.24) is 9.78 Å². The van der Waals surface area contributed by atoms with Crippen molar-refractivity contribution in [2.75, 3.05) is 10.6 Å². The number of anilines is 2. The SMILES string of the molecule is Cc1ccc(NC(=S)Nc2cnn(Cc3ccccc3F)c2)c(C)c1. The highest BCUT2D eigenvalue weighted by atomic mass is 32.1. The van der Waals surface area contributed by atoms with Crippen LogP contribution in [0.3, 0.4) is 0 Å². The molecule has 0 spiro atoms. The zero-order chi connectivity index (χ0) is 17.8. The van der Waals surface area contributed by atoms with Crippen LogP contribution in [0.25, 0.3) is 0 Å². The second kappa shape index (κ2) is 7.44. The van der Waals surface area contributed by atoms with Gasteiger partial charge in [-0.05, 0) is 43.8 Å². The second-order valence-electron chi connectivity index (χ2n) is 5.92. The van der Waals surface area contributed by atoms with Crippen LogP contribution >= 0.6 is 12.2 Å². The molecule has 25 heavy (non-hydrogen) atoms. The molecular formula is C19H19FN4S. The van der Waals surface area contributed by atoms with Crippen LogP contribution in [0, 0.1) is 19.7 Å². The standard InChI is InChI=1S/C19H19FN4S/c1-13-7-8-18(14(2)9-13)23-19(25)22-16-10-21-24(12-16)11-15-5-3-4-6-17(15)20/h3-10,12H,11H2,1-2H3,(H2,22,23,25). The van der Waals surface area contributed by atoms with E-state index in [-0.39, 0.29) is 5.82 Å². The van der Waals surface area contributed by atoms with Crippen LogP contribution in [0.5, 0.6) is 0 Å². The Kier molecular flexibility index (Phi) is 5.09. The molecule has 3 rings (SSSR count). The van der Waals surface area contributed by atoms with E-state index >= 15 is 0 Å². The number of nitrogens with one attached hydrogen (secondary N) is 2. The van der Waals surface area contributed by atoms with Crippen LogP contribution < -0.4 is 10.6 Å². The van der Waals surface area contributed by atoms with Gasteiger partial charge in [-0.2, -0.15) is 5.10 Å². The second-order valence-corrected chi connectivity index (χ2v) is 6.32. The molecule has 1 heterocycles. The third-order valence-corrected chi connectivity index (χ3v) is 4.02. The van der Waals surface area contributed by atoms with Crippen molar-refractivity contribution in [3.8, 4) is 0 Å². The van der Waals surface area contributed by atoms with Gasteiger partial charge in [-0.1, -0.05) is 35.9 Å². The van der Waals surface area contributed by atoms with E-state index in [2.05, 4.69) is 28.7 Å². The maximum absolute atomic E-state index is 13.7. The number of hydrogen-bond donors (Lipinski definition) is 2. The average molecular weight is 354 g/mol. The summed E-state index contributed by atoms with van der Waals surface area (Å²) >= 11 is 5.35. The fourth-order valence-electron chi connectivity index (χ4n) is 2.55. The highest BCUT2D eigenvalue weighted by Crippen LogP contribution is 2.17. The van der Waals surface area contributed by atoms with E-state index in [1.807, 2.05) is 25.1 Å². The predicted molar refractivity (Wildman–Crippen MR) is 103 cm³/mol. The quantitative estimate of drug-likeness (QED) is 0.677. The van der Waals surface area contributed by atoms with Gasteiger partial charge in [0.25, 0.3) is 0 Å². The van der Waals surface area contributed by atoms with Gasteiger partial charge in [0.15, 0.2) is 5.11 Å². The topological polar surface area (TPSA) is 41.9 Å². The van der Waals surface area contributed by atoms with Gasteiger partial charge in [-0.3, -0.25) is 4.68 Å². The summed E-state index contributed by atoms with van der Waals surface area (Å²) in [7, 11) is 0. The molecular weight excluding hydrogens is 335 g/mol. The molecule has 0 saturated carbocycles. The molecule has 2 aromatic carbocycles. The Morgan fingerprint density at radius 3 is 2.72 bits per heavy atom. The van der Waals surface area contributed by atoms with Gasteiger partial charge in [-0.15, -0.1) is 0 Å². The normalized spacial score (nSPS) is 10.5. The first-order chi connectivity index (χ1) is 12.0. The lowest BCUT2D eigenvalue weighted by atomic mass is 10.1. The minimum atomic E-state index is -0.237. The van der Waals surface area contributed by atoms with Crippen LogP contribution in [0.15, 0.2) is 54.9 Å². The first-order valence-corrected chi connectivity index (χ1v) is 8.33. The van der Waals surface area contributed by atoms with E-state index in [4.69, 9.17) is 12.2 Å². The van der Waals surface area contributed by atoms with Gasteiger partial charge in [0.2, 0.25) is 0 Å². The maximum atomic E-state index is 13.7. The Hall–Kier alpha value is -2.73. The van der Waals surface area contributed by atoms with E-state index in [9.17, 15) is 4.39 Å². The minimum Gasteiger partial charge on any atom is -0.332 e. The predicted octanol–water partition coefficient (Wildman–Crippen LogP) is 4.50. The molecule has 1 aromatic heterocycles. The Morgan fingerprint density at radius 2 is 1.96 bits per heavy atom. The van der Waals surface area contributed by atoms with Crippen LogP contribution in [0.4, 0.5) is 15.8 Å². The molecule has 128 valence electrons. The number of aryl methyl sites for hydroxylation is 2. The lowest BCUT2D eigenvalue weighted by Crippen LogP contribution is -2.19. The summed E-state index contributed by atoms with van der Waals surface area (Å²) in [6, 6.07) is 12.8. The van der Waals surface area contributed by atoms with Crippen molar-refractivity contribution in [3.63, 3.8) is 0 Å². The molecule has 4 nitrogen and oxygen atoms in total. The Balaban J connectivity index is 1.63. The molecule has 0 aliphatic heterocycles. The number of nitrogens with zero attached hydrogens (tertiary/aromatic N) is 2. The molecule has 0 unspecified atom stereocenters. The van der Waals surface area contributed by atoms with E-state index in [1.54, 1.807) is 29.2 Å². The molecule has 2 N–H and O–H groups in total. The molecule has 3 aromatic rings. The zero-order valence-electron chi connectivity index (χ0n) is 14.1. The van der Waals surface area contributed by atoms with Crippen molar-refractivity contribution in [1.29, 1.82) is 0 Å². The molecule has 6 heteroatoms. The fraction of sp³-hybridized carbons (Fsp3) is 0.158. The summed E-state index contributed by atoms with van der Waals surface area (Å²) in [5.74, 6) is -0.237. The van der Waals surface area contributed by atoms with Crippen LogP contribution in [0.2, 0.25) is 0 Å². The average Bonchev–Trinajstić information content (AvgIpc) is 2.99. The first kappa shape index (κ1) is 17.1. The molecule has 0 saturated heterocycles. The highest BCUT2D eigenvalue weighted by molar-refractivity contribution is 7.80. The van der Waals surface area contributed by atoms with Gasteiger partial charge in [0, 0.05) is 17.4 Å². The van der Waals surface area contributed by atoms with Gasteiger partial charge < -0.3 is 10.6 Å².